The van der Waals surface area contributed by atoms with Gasteiger partial charge in [-0.15, -0.1) is 0 Å². The van der Waals surface area contributed by atoms with E-state index in [0.29, 0.717) is 23.5 Å². The summed E-state index contributed by atoms with van der Waals surface area (Å²) in [5.41, 5.74) is 1.93. The van der Waals surface area contributed by atoms with E-state index in [-0.39, 0.29) is 29.9 Å². The van der Waals surface area contributed by atoms with E-state index in [1.165, 1.54) is 35.0 Å². The number of hydrogen-bond donors (Lipinski definition) is 4. The highest BCUT2D eigenvalue weighted by atomic mass is 19.1. The standard InChI is InChI=1S/C24H32FN3O5/c1-14(2)13-26-24(33)23-22(15(3)4)20(10-9-18(29)11-19(30)12-21(31)32)28(27-23)17-7-5-16(25)6-8-17/h5-10,14-15,18-19,29-30H,11-13H2,1-4H3,(H,26,33)(H,31,32)/b10-9+/t18-,19+/m0/s1. The van der Waals surface area contributed by atoms with E-state index in [4.69, 9.17) is 5.11 Å². The van der Waals surface area contributed by atoms with Crippen LogP contribution >= 0.6 is 0 Å². The van der Waals surface area contributed by atoms with Gasteiger partial charge in [0.15, 0.2) is 5.69 Å². The smallest absolute Gasteiger partial charge is 0.305 e. The zero-order valence-corrected chi connectivity index (χ0v) is 19.3. The molecule has 0 bridgehead atoms. The third-order valence-electron chi connectivity index (χ3n) is 4.89. The molecule has 9 heteroatoms. The molecule has 0 radical (unpaired) electrons. The molecular formula is C24H32FN3O5. The Kier molecular flexibility index (Phi) is 9.31. The van der Waals surface area contributed by atoms with E-state index in [1.54, 1.807) is 6.08 Å². The van der Waals surface area contributed by atoms with Gasteiger partial charge >= 0.3 is 5.97 Å². The number of aliphatic hydroxyl groups is 2. The third-order valence-corrected chi connectivity index (χ3v) is 4.89. The molecule has 0 aliphatic heterocycles. The fourth-order valence-corrected chi connectivity index (χ4v) is 3.34. The lowest BCUT2D eigenvalue weighted by molar-refractivity contribution is -0.139. The van der Waals surface area contributed by atoms with Crippen LogP contribution in [0, 0.1) is 11.7 Å². The van der Waals surface area contributed by atoms with Gasteiger partial charge in [0.2, 0.25) is 0 Å². The minimum Gasteiger partial charge on any atom is -0.481 e. The second-order valence-electron chi connectivity index (χ2n) is 8.71. The van der Waals surface area contributed by atoms with Gasteiger partial charge in [0.25, 0.3) is 5.91 Å². The van der Waals surface area contributed by atoms with Crippen LogP contribution in [0.25, 0.3) is 11.8 Å². The Morgan fingerprint density at radius 2 is 1.79 bits per heavy atom. The number of carboxylic acid groups (broad SMARTS) is 1. The van der Waals surface area contributed by atoms with Crippen LogP contribution in [0.1, 0.15) is 68.2 Å². The van der Waals surface area contributed by atoms with E-state index in [1.807, 2.05) is 27.7 Å². The van der Waals surface area contributed by atoms with Crippen molar-refractivity contribution < 1.29 is 29.3 Å². The molecule has 0 saturated carbocycles. The number of hydrogen-bond acceptors (Lipinski definition) is 5. The van der Waals surface area contributed by atoms with Crippen LogP contribution in [0.3, 0.4) is 0 Å². The van der Waals surface area contributed by atoms with Crippen molar-refractivity contribution in [1.29, 1.82) is 0 Å². The van der Waals surface area contributed by atoms with E-state index in [9.17, 15) is 24.2 Å². The Hall–Kier alpha value is -3.04. The number of nitrogens with zero attached hydrogens (tertiary/aromatic N) is 2. The second kappa shape index (κ2) is 11.7. The average molecular weight is 462 g/mol. The first-order valence-electron chi connectivity index (χ1n) is 10.9. The number of aromatic nitrogens is 2. The fourth-order valence-electron chi connectivity index (χ4n) is 3.34. The maximum absolute atomic E-state index is 13.5. The summed E-state index contributed by atoms with van der Waals surface area (Å²) in [7, 11) is 0. The van der Waals surface area contributed by atoms with Crippen LogP contribution < -0.4 is 5.32 Å². The second-order valence-corrected chi connectivity index (χ2v) is 8.71. The van der Waals surface area contributed by atoms with Gasteiger partial charge in [0.1, 0.15) is 5.82 Å². The first-order chi connectivity index (χ1) is 15.5. The normalized spacial score (nSPS) is 13.6. The highest BCUT2D eigenvalue weighted by molar-refractivity contribution is 5.95. The molecule has 8 nitrogen and oxygen atoms in total. The summed E-state index contributed by atoms with van der Waals surface area (Å²) in [5, 5.41) is 36.2. The quantitative estimate of drug-likeness (QED) is 0.408. The van der Waals surface area contributed by atoms with Crippen molar-refractivity contribution in [3.05, 3.63) is 53.1 Å². The molecule has 2 atom stereocenters. The van der Waals surface area contributed by atoms with E-state index < -0.39 is 30.4 Å². The molecule has 33 heavy (non-hydrogen) atoms. The molecule has 0 unspecified atom stereocenters. The number of amides is 1. The van der Waals surface area contributed by atoms with Gasteiger partial charge in [-0.25, -0.2) is 9.07 Å². The number of aliphatic hydroxyl groups excluding tert-OH is 2. The molecule has 0 spiro atoms. The summed E-state index contributed by atoms with van der Waals surface area (Å²) >= 11 is 0. The van der Waals surface area contributed by atoms with Crippen molar-refractivity contribution in [2.24, 2.45) is 5.92 Å². The predicted octanol–water partition coefficient (Wildman–Crippen LogP) is 3.12. The molecule has 1 aromatic carbocycles. The SMILES string of the molecule is CC(C)CNC(=O)c1nn(-c2ccc(F)cc2)c(/C=C/[C@H](O)C[C@@H](O)CC(=O)O)c1C(C)C. The van der Waals surface area contributed by atoms with E-state index >= 15 is 0 Å². The number of carboxylic acids is 1. The largest absolute Gasteiger partial charge is 0.481 e. The molecule has 2 rings (SSSR count). The maximum atomic E-state index is 13.5. The lowest BCUT2D eigenvalue weighted by Crippen LogP contribution is -2.28. The minimum absolute atomic E-state index is 0.103. The van der Waals surface area contributed by atoms with Crippen LogP contribution in [0.4, 0.5) is 4.39 Å². The highest BCUT2D eigenvalue weighted by Gasteiger charge is 2.25. The number of carbonyl (C=O) groups is 2. The number of aliphatic carboxylic acids is 1. The molecule has 2 aromatic rings. The van der Waals surface area contributed by atoms with Gasteiger partial charge in [-0.05, 0) is 42.2 Å². The molecule has 1 heterocycles. The lowest BCUT2D eigenvalue weighted by Gasteiger charge is -2.12. The molecule has 1 amide bonds. The maximum Gasteiger partial charge on any atom is 0.305 e. The summed E-state index contributed by atoms with van der Waals surface area (Å²) in [4.78, 5) is 23.6. The average Bonchev–Trinajstić information content (AvgIpc) is 3.10. The molecule has 1 aromatic heterocycles. The van der Waals surface area contributed by atoms with Crippen molar-refractivity contribution in [3.8, 4) is 5.69 Å². The van der Waals surface area contributed by atoms with Gasteiger partial charge in [-0.1, -0.05) is 33.8 Å². The van der Waals surface area contributed by atoms with Crippen molar-refractivity contribution in [2.75, 3.05) is 6.54 Å². The molecule has 0 saturated heterocycles. The van der Waals surface area contributed by atoms with E-state index in [0.717, 1.165) is 0 Å². The Labute approximate surface area is 192 Å². The van der Waals surface area contributed by atoms with Crippen LogP contribution in [0.15, 0.2) is 30.3 Å². The first-order valence-corrected chi connectivity index (χ1v) is 10.9. The molecule has 180 valence electrons. The molecule has 0 fully saturated rings. The summed E-state index contributed by atoms with van der Waals surface area (Å²) < 4.78 is 15.0. The number of carbonyl (C=O) groups excluding carboxylic acids is 1. The summed E-state index contributed by atoms with van der Waals surface area (Å²) in [6.07, 6.45) is 0.0507. The van der Waals surface area contributed by atoms with Crippen molar-refractivity contribution in [1.82, 2.24) is 15.1 Å². The number of rotatable bonds is 11. The fraction of sp³-hybridized carbons (Fsp3) is 0.458. The van der Waals surface area contributed by atoms with E-state index in [2.05, 4.69) is 10.4 Å². The number of benzene rings is 1. The van der Waals surface area contributed by atoms with Crippen LogP contribution in [-0.4, -0.2) is 55.7 Å². The van der Waals surface area contributed by atoms with Gasteiger partial charge in [0, 0.05) is 18.5 Å². The molecule has 4 N–H and O–H groups in total. The zero-order chi connectivity index (χ0) is 24.7. The Morgan fingerprint density at radius 1 is 1.15 bits per heavy atom. The molecule has 0 aliphatic rings. The lowest BCUT2D eigenvalue weighted by atomic mass is 9.98. The topological polar surface area (TPSA) is 125 Å². The van der Waals surface area contributed by atoms with Gasteiger partial charge in [-0.3, -0.25) is 9.59 Å². The Morgan fingerprint density at radius 3 is 2.33 bits per heavy atom. The van der Waals surface area contributed by atoms with Crippen LogP contribution in [-0.2, 0) is 4.79 Å². The Balaban J connectivity index is 2.49. The summed E-state index contributed by atoms with van der Waals surface area (Å²) in [6.45, 7) is 8.26. The van der Waals surface area contributed by atoms with Crippen molar-refractivity contribution in [3.63, 3.8) is 0 Å². The summed E-state index contributed by atoms with van der Waals surface area (Å²) in [5.74, 6) is -1.76. The predicted molar refractivity (Wildman–Crippen MR) is 123 cm³/mol. The monoisotopic (exact) mass is 461 g/mol. The minimum atomic E-state index is -1.20. The number of halogens is 1. The van der Waals surface area contributed by atoms with Gasteiger partial charge in [0.05, 0.1) is 30.0 Å². The van der Waals surface area contributed by atoms with Crippen LogP contribution in [0.5, 0.6) is 0 Å². The van der Waals surface area contributed by atoms with Gasteiger partial charge < -0.3 is 20.6 Å². The molecule has 0 aliphatic carbocycles. The zero-order valence-electron chi connectivity index (χ0n) is 19.3. The van der Waals surface area contributed by atoms with Crippen molar-refractivity contribution in [2.45, 2.75) is 58.7 Å². The van der Waals surface area contributed by atoms with Gasteiger partial charge in [-0.2, -0.15) is 5.10 Å². The van der Waals surface area contributed by atoms with Crippen molar-refractivity contribution >= 4 is 18.0 Å². The summed E-state index contributed by atoms with van der Waals surface area (Å²) in [6, 6.07) is 5.64. The van der Waals surface area contributed by atoms with Crippen LogP contribution in [0.2, 0.25) is 0 Å². The molecular weight excluding hydrogens is 429 g/mol. The highest BCUT2D eigenvalue weighted by Crippen LogP contribution is 2.28. The first kappa shape index (κ1) is 26.2. The Bertz CT molecular complexity index is 983. The third kappa shape index (κ3) is 7.50. The number of nitrogens with one attached hydrogen (secondary N) is 1.